The van der Waals surface area contributed by atoms with E-state index in [0.29, 0.717) is 6.54 Å². The van der Waals surface area contributed by atoms with Crippen molar-refractivity contribution in [1.82, 2.24) is 0 Å². The first-order valence-electron chi connectivity index (χ1n) is 6.55. The topological polar surface area (TPSA) is 24.5 Å². The maximum Gasteiger partial charge on any atom is 0.123 e. The van der Waals surface area contributed by atoms with Crippen molar-refractivity contribution < 1.29 is 4.74 Å². The lowest BCUT2D eigenvalue weighted by Gasteiger charge is -2.20. The summed E-state index contributed by atoms with van der Waals surface area (Å²) in [5, 5.41) is 4.15. The minimum atomic E-state index is 0.657. The Hall–Kier alpha value is -1.39. The minimum absolute atomic E-state index is 0.657. The highest BCUT2D eigenvalue weighted by atomic mass is 79.9. The second-order valence-electron chi connectivity index (χ2n) is 4.84. The van der Waals surface area contributed by atoms with E-state index in [9.17, 15) is 0 Å². The minimum Gasteiger partial charge on any atom is -0.496 e. The van der Waals surface area contributed by atoms with Crippen LogP contribution in [0.4, 0.5) is 11.4 Å². The standard InChI is InChI=1S/C16H18BrClN2O/c1-20(2)16-13(18)5-4-6-14(16)19-10-11-9-12(17)7-8-15(11)21-3/h4-9,19H,10H2,1-3H3. The van der Waals surface area contributed by atoms with Gasteiger partial charge in [-0.2, -0.15) is 0 Å². The highest BCUT2D eigenvalue weighted by molar-refractivity contribution is 9.10. The fourth-order valence-electron chi connectivity index (χ4n) is 2.19. The monoisotopic (exact) mass is 368 g/mol. The van der Waals surface area contributed by atoms with Crippen LogP contribution >= 0.6 is 27.5 Å². The Morgan fingerprint density at radius 3 is 2.67 bits per heavy atom. The van der Waals surface area contributed by atoms with E-state index >= 15 is 0 Å². The Morgan fingerprint density at radius 1 is 1.24 bits per heavy atom. The van der Waals surface area contributed by atoms with Crippen molar-refractivity contribution in [2.45, 2.75) is 6.54 Å². The van der Waals surface area contributed by atoms with Crippen molar-refractivity contribution >= 4 is 38.9 Å². The third-order valence-electron chi connectivity index (χ3n) is 3.15. The van der Waals surface area contributed by atoms with Crippen LogP contribution in [0.1, 0.15) is 5.56 Å². The summed E-state index contributed by atoms with van der Waals surface area (Å²) in [7, 11) is 5.63. The predicted octanol–water partition coefficient (Wildman–Crippen LogP) is 4.79. The van der Waals surface area contributed by atoms with E-state index in [1.54, 1.807) is 7.11 Å². The number of halogens is 2. The number of benzene rings is 2. The summed E-state index contributed by atoms with van der Waals surface area (Å²) in [6.45, 7) is 0.657. The molecule has 2 rings (SSSR count). The van der Waals surface area contributed by atoms with Crippen LogP contribution in [-0.2, 0) is 6.54 Å². The van der Waals surface area contributed by atoms with E-state index in [1.807, 2.05) is 55.4 Å². The summed E-state index contributed by atoms with van der Waals surface area (Å²) < 4.78 is 6.42. The van der Waals surface area contributed by atoms with E-state index < -0.39 is 0 Å². The zero-order valence-electron chi connectivity index (χ0n) is 12.3. The van der Waals surface area contributed by atoms with Crippen molar-refractivity contribution in [3.8, 4) is 5.75 Å². The first-order chi connectivity index (χ1) is 10.0. The maximum atomic E-state index is 6.28. The van der Waals surface area contributed by atoms with Gasteiger partial charge in [0.05, 0.1) is 23.5 Å². The number of nitrogens with one attached hydrogen (secondary N) is 1. The summed E-state index contributed by atoms with van der Waals surface area (Å²) >= 11 is 9.76. The van der Waals surface area contributed by atoms with Crippen LogP contribution < -0.4 is 15.0 Å². The van der Waals surface area contributed by atoms with E-state index in [1.165, 1.54) is 0 Å². The average Bonchev–Trinajstić information content (AvgIpc) is 2.44. The van der Waals surface area contributed by atoms with Gasteiger partial charge in [-0.05, 0) is 30.3 Å². The zero-order valence-corrected chi connectivity index (χ0v) is 14.6. The van der Waals surface area contributed by atoms with Crippen LogP contribution in [0.25, 0.3) is 0 Å². The first kappa shape index (κ1) is 16.0. The number of methoxy groups -OCH3 is 1. The largest absolute Gasteiger partial charge is 0.496 e. The van der Waals surface area contributed by atoms with E-state index in [-0.39, 0.29) is 0 Å². The van der Waals surface area contributed by atoms with E-state index in [2.05, 4.69) is 21.2 Å². The molecule has 5 heteroatoms. The quantitative estimate of drug-likeness (QED) is 0.820. The normalized spacial score (nSPS) is 10.3. The molecule has 0 aliphatic rings. The highest BCUT2D eigenvalue weighted by Gasteiger charge is 2.10. The van der Waals surface area contributed by atoms with Crippen LogP contribution in [0.5, 0.6) is 5.75 Å². The van der Waals surface area contributed by atoms with Gasteiger partial charge in [-0.1, -0.05) is 33.6 Å². The molecule has 21 heavy (non-hydrogen) atoms. The molecule has 0 bridgehead atoms. The Morgan fingerprint density at radius 2 is 2.00 bits per heavy atom. The molecule has 0 aliphatic heterocycles. The van der Waals surface area contributed by atoms with Crippen molar-refractivity contribution in [1.29, 1.82) is 0 Å². The number of hydrogen-bond acceptors (Lipinski definition) is 3. The van der Waals surface area contributed by atoms with Gasteiger partial charge in [0.2, 0.25) is 0 Å². The number of nitrogens with zero attached hydrogens (tertiary/aromatic N) is 1. The molecule has 3 nitrogen and oxygen atoms in total. The van der Waals surface area contributed by atoms with Crippen LogP contribution in [0, 0.1) is 0 Å². The molecule has 2 aromatic rings. The molecule has 0 fully saturated rings. The van der Waals surface area contributed by atoms with Crippen LogP contribution in [0.2, 0.25) is 5.02 Å². The zero-order chi connectivity index (χ0) is 15.4. The fraction of sp³-hybridized carbons (Fsp3) is 0.250. The first-order valence-corrected chi connectivity index (χ1v) is 7.72. The van der Waals surface area contributed by atoms with Crippen molar-refractivity contribution in [2.24, 2.45) is 0 Å². The Kier molecular flexibility index (Phi) is 5.37. The predicted molar refractivity (Wildman–Crippen MR) is 93.8 cm³/mol. The van der Waals surface area contributed by atoms with Gasteiger partial charge in [0.1, 0.15) is 5.75 Å². The van der Waals surface area contributed by atoms with Gasteiger partial charge in [-0.25, -0.2) is 0 Å². The molecule has 0 atom stereocenters. The Labute approximate surface area is 139 Å². The molecule has 0 aliphatic carbocycles. The fourth-order valence-corrected chi connectivity index (χ4v) is 2.94. The number of hydrogen-bond donors (Lipinski definition) is 1. The van der Waals surface area contributed by atoms with Crippen molar-refractivity contribution in [3.63, 3.8) is 0 Å². The van der Waals surface area contributed by atoms with E-state index in [0.717, 1.165) is 32.2 Å². The lowest BCUT2D eigenvalue weighted by atomic mass is 10.2. The molecule has 112 valence electrons. The molecule has 0 aromatic heterocycles. The smallest absolute Gasteiger partial charge is 0.123 e. The van der Waals surface area contributed by atoms with Crippen LogP contribution in [0.15, 0.2) is 40.9 Å². The lowest BCUT2D eigenvalue weighted by Crippen LogP contribution is -2.13. The Bertz CT molecular complexity index is 632. The van der Waals surface area contributed by atoms with Gasteiger partial charge >= 0.3 is 0 Å². The van der Waals surface area contributed by atoms with Gasteiger partial charge in [-0.15, -0.1) is 0 Å². The average molecular weight is 370 g/mol. The number of rotatable bonds is 5. The summed E-state index contributed by atoms with van der Waals surface area (Å²) in [4.78, 5) is 2.00. The van der Waals surface area contributed by atoms with E-state index in [4.69, 9.17) is 16.3 Å². The molecule has 0 heterocycles. The van der Waals surface area contributed by atoms with Crippen LogP contribution in [0.3, 0.4) is 0 Å². The molecule has 0 saturated carbocycles. The Balaban J connectivity index is 2.25. The van der Waals surface area contributed by atoms with Gasteiger partial charge in [0.15, 0.2) is 0 Å². The number of ether oxygens (including phenoxy) is 1. The van der Waals surface area contributed by atoms with Gasteiger partial charge in [-0.3, -0.25) is 0 Å². The molecule has 0 spiro atoms. The summed E-state index contributed by atoms with van der Waals surface area (Å²) in [6, 6.07) is 11.8. The molecule has 0 saturated heterocycles. The summed E-state index contributed by atoms with van der Waals surface area (Å²) in [5.41, 5.74) is 3.05. The van der Waals surface area contributed by atoms with Gasteiger partial charge in [0, 0.05) is 30.7 Å². The second kappa shape index (κ2) is 7.05. The molecular formula is C16H18BrClN2O. The maximum absolute atomic E-state index is 6.28. The molecule has 2 aromatic carbocycles. The summed E-state index contributed by atoms with van der Waals surface area (Å²) in [6.07, 6.45) is 0. The highest BCUT2D eigenvalue weighted by Crippen LogP contribution is 2.33. The molecule has 0 amide bonds. The van der Waals surface area contributed by atoms with Gasteiger partial charge < -0.3 is 15.0 Å². The number of para-hydroxylation sites is 1. The van der Waals surface area contributed by atoms with Gasteiger partial charge in [0.25, 0.3) is 0 Å². The molecule has 0 unspecified atom stereocenters. The van der Waals surface area contributed by atoms with Crippen LogP contribution in [-0.4, -0.2) is 21.2 Å². The van der Waals surface area contributed by atoms with Crippen molar-refractivity contribution in [3.05, 3.63) is 51.5 Å². The molecule has 0 radical (unpaired) electrons. The van der Waals surface area contributed by atoms with Crippen molar-refractivity contribution in [2.75, 3.05) is 31.4 Å². The number of anilines is 2. The lowest BCUT2D eigenvalue weighted by molar-refractivity contribution is 0.410. The third kappa shape index (κ3) is 3.83. The SMILES string of the molecule is COc1ccc(Br)cc1CNc1cccc(Cl)c1N(C)C. The third-order valence-corrected chi connectivity index (χ3v) is 3.94. The second-order valence-corrected chi connectivity index (χ2v) is 6.16. The molecule has 1 N–H and O–H groups in total. The summed E-state index contributed by atoms with van der Waals surface area (Å²) in [5.74, 6) is 0.860. The molecular weight excluding hydrogens is 352 g/mol.